The van der Waals surface area contributed by atoms with Crippen molar-refractivity contribution in [3.05, 3.63) is 50.1 Å². The molecule has 0 fully saturated rings. The number of hydrogen-bond donors (Lipinski definition) is 1. The molecule has 0 radical (unpaired) electrons. The predicted octanol–water partition coefficient (Wildman–Crippen LogP) is 4.65. The summed E-state index contributed by atoms with van der Waals surface area (Å²) >= 11 is 4.78. The summed E-state index contributed by atoms with van der Waals surface area (Å²) in [6.07, 6.45) is 1.21. The minimum Gasteiger partial charge on any atom is -0.482 e. The quantitative estimate of drug-likeness (QED) is 0.797. The Labute approximate surface area is 135 Å². The van der Waals surface area contributed by atoms with Gasteiger partial charge in [-0.15, -0.1) is 11.3 Å². The third-order valence-electron chi connectivity index (χ3n) is 3.06. The van der Waals surface area contributed by atoms with E-state index in [1.54, 1.807) is 0 Å². The molecule has 1 heterocycles. The highest BCUT2D eigenvalue weighted by Crippen LogP contribution is 2.27. The third kappa shape index (κ3) is 4.49. The minimum absolute atomic E-state index is 0.0981. The highest BCUT2D eigenvalue weighted by molar-refractivity contribution is 9.10. The lowest BCUT2D eigenvalue weighted by Gasteiger charge is -2.12. The van der Waals surface area contributed by atoms with Gasteiger partial charge in [0.25, 0.3) is 0 Å². The molecule has 2 rings (SSSR count). The zero-order valence-corrected chi connectivity index (χ0v) is 13.9. The van der Waals surface area contributed by atoms with E-state index in [1.165, 1.54) is 23.5 Å². The summed E-state index contributed by atoms with van der Waals surface area (Å²) in [5.74, 6) is -1.72. The SMILES string of the molecule is CCC(N)Cc1cc(F)c(OCc2cc(Br)cs2)c(F)c1. The molecule has 0 aliphatic carbocycles. The van der Waals surface area contributed by atoms with Gasteiger partial charge in [0.15, 0.2) is 17.4 Å². The second-order valence-electron chi connectivity index (χ2n) is 4.78. The van der Waals surface area contributed by atoms with E-state index in [2.05, 4.69) is 15.9 Å². The minimum atomic E-state index is -0.691. The van der Waals surface area contributed by atoms with Crippen LogP contribution in [-0.4, -0.2) is 6.04 Å². The van der Waals surface area contributed by atoms with Crippen LogP contribution in [0.4, 0.5) is 8.78 Å². The van der Waals surface area contributed by atoms with Gasteiger partial charge in [0.05, 0.1) is 0 Å². The second-order valence-corrected chi connectivity index (χ2v) is 6.69. The van der Waals surface area contributed by atoms with Gasteiger partial charge >= 0.3 is 0 Å². The molecule has 1 aromatic heterocycles. The van der Waals surface area contributed by atoms with Crippen molar-refractivity contribution in [1.82, 2.24) is 0 Å². The molecule has 0 spiro atoms. The first kappa shape index (κ1) is 16.4. The van der Waals surface area contributed by atoms with E-state index in [0.29, 0.717) is 12.0 Å². The zero-order chi connectivity index (χ0) is 15.4. The molecule has 0 amide bonds. The molecule has 0 saturated carbocycles. The Bertz CT molecular complexity index is 594. The fourth-order valence-electron chi connectivity index (χ4n) is 1.89. The van der Waals surface area contributed by atoms with Gasteiger partial charge in [-0.2, -0.15) is 0 Å². The van der Waals surface area contributed by atoms with Crippen LogP contribution < -0.4 is 10.5 Å². The van der Waals surface area contributed by atoms with Gasteiger partial charge in [-0.05, 0) is 52.5 Å². The summed E-state index contributed by atoms with van der Waals surface area (Å²) in [4.78, 5) is 0.887. The van der Waals surface area contributed by atoms with Gasteiger partial charge in [0.1, 0.15) is 6.61 Å². The summed E-state index contributed by atoms with van der Waals surface area (Å²) < 4.78 is 34.1. The van der Waals surface area contributed by atoms with Gasteiger partial charge in [-0.1, -0.05) is 6.92 Å². The van der Waals surface area contributed by atoms with Crippen molar-refractivity contribution in [2.24, 2.45) is 5.73 Å². The first-order valence-corrected chi connectivity index (χ1v) is 8.26. The molecule has 1 unspecified atom stereocenters. The predicted molar refractivity (Wildman–Crippen MR) is 84.7 cm³/mol. The lowest BCUT2D eigenvalue weighted by Crippen LogP contribution is -2.21. The maximum Gasteiger partial charge on any atom is 0.191 e. The van der Waals surface area contributed by atoms with E-state index < -0.39 is 11.6 Å². The Hall–Kier alpha value is -0.980. The van der Waals surface area contributed by atoms with Crippen molar-refractivity contribution in [1.29, 1.82) is 0 Å². The van der Waals surface area contributed by atoms with E-state index in [0.717, 1.165) is 15.8 Å². The lowest BCUT2D eigenvalue weighted by atomic mass is 10.0. The Morgan fingerprint density at radius 1 is 1.29 bits per heavy atom. The molecule has 1 atom stereocenters. The summed E-state index contributed by atoms with van der Waals surface area (Å²) in [6.45, 7) is 2.08. The van der Waals surface area contributed by atoms with Gasteiger partial charge in [0.2, 0.25) is 0 Å². The third-order valence-corrected chi connectivity index (χ3v) is 4.73. The molecule has 6 heteroatoms. The van der Waals surface area contributed by atoms with Crippen LogP contribution in [0.2, 0.25) is 0 Å². The molecular weight excluding hydrogens is 360 g/mol. The molecule has 0 aliphatic rings. The largest absolute Gasteiger partial charge is 0.482 e. The van der Waals surface area contributed by atoms with E-state index in [-0.39, 0.29) is 18.4 Å². The Kier molecular flexibility index (Phi) is 5.72. The van der Waals surface area contributed by atoms with Gasteiger partial charge in [-0.3, -0.25) is 0 Å². The molecule has 2 N–H and O–H groups in total. The molecule has 2 nitrogen and oxygen atoms in total. The maximum atomic E-state index is 14.0. The van der Waals surface area contributed by atoms with Crippen LogP contribution in [0.1, 0.15) is 23.8 Å². The van der Waals surface area contributed by atoms with E-state index in [4.69, 9.17) is 10.5 Å². The van der Waals surface area contributed by atoms with Crippen LogP contribution in [0.25, 0.3) is 0 Å². The van der Waals surface area contributed by atoms with Crippen LogP contribution in [-0.2, 0) is 13.0 Å². The molecule has 114 valence electrons. The highest BCUT2D eigenvalue weighted by atomic mass is 79.9. The summed E-state index contributed by atoms with van der Waals surface area (Å²) in [5.41, 5.74) is 6.35. The second kappa shape index (κ2) is 7.33. The molecule has 1 aromatic carbocycles. The van der Waals surface area contributed by atoms with E-state index in [1.807, 2.05) is 18.4 Å². The molecular formula is C15H16BrF2NOS. The van der Waals surface area contributed by atoms with Crippen LogP contribution in [0.3, 0.4) is 0 Å². The molecule has 0 bridgehead atoms. The van der Waals surface area contributed by atoms with E-state index in [9.17, 15) is 8.78 Å². The van der Waals surface area contributed by atoms with E-state index >= 15 is 0 Å². The summed E-state index contributed by atoms with van der Waals surface area (Å²) in [6, 6.07) is 4.34. The van der Waals surface area contributed by atoms with Gasteiger partial charge < -0.3 is 10.5 Å². The number of thiophene rings is 1. The normalized spacial score (nSPS) is 12.4. The monoisotopic (exact) mass is 375 g/mol. The molecule has 2 aromatic rings. The summed E-state index contributed by atoms with van der Waals surface area (Å²) in [5, 5.41) is 1.89. The molecule has 0 aliphatic heterocycles. The topological polar surface area (TPSA) is 35.2 Å². The Morgan fingerprint density at radius 2 is 1.95 bits per heavy atom. The van der Waals surface area contributed by atoms with Crippen molar-refractivity contribution >= 4 is 27.3 Å². The smallest absolute Gasteiger partial charge is 0.191 e. The van der Waals surface area contributed by atoms with Crippen LogP contribution in [0.15, 0.2) is 28.1 Å². The number of nitrogens with two attached hydrogens (primary N) is 1. The van der Waals surface area contributed by atoms with Gasteiger partial charge in [0, 0.05) is 20.8 Å². The number of benzene rings is 1. The first-order chi connectivity index (χ1) is 9.99. The number of rotatable bonds is 6. The molecule has 0 saturated heterocycles. The number of ether oxygens (including phenoxy) is 1. The lowest BCUT2D eigenvalue weighted by molar-refractivity contribution is 0.276. The first-order valence-electron chi connectivity index (χ1n) is 6.58. The standard InChI is InChI=1S/C15H16BrF2NOS/c1-2-11(19)3-9-4-13(17)15(14(18)5-9)20-7-12-6-10(16)8-21-12/h4-6,8,11H,2-3,7,19H2,1H3. The fraction of sp³-hybridized carbons (Fsp3) is 0.333. The van der Waals surface area contributed by atoms with Crippen molar-refractivity contribution in [3.8, 4) is 5.75 Å². The number of hydrogen-bond acceptors (Lipinski definition) is 3. The van der Waals surface area contributed by atoms with Crippen LogP contribution in [0.5, 0.6) is 5.75 Å². The van der Waals surface area contributed by atoms with Crippen LogP contribution in [0, 0.1) is 11.6 Å². The summed E-state index contributed by atoms with van der Waals surface area (Å²) in [7, 11) is 0. The molecule has 21 heavy (non-hydrogen) atoms. The van der Waals surface area contributed by atoms with Gasteiger partial charge in [-0.25, -0.2) is 8.78 Å². The fourth-order valence-corrected chi connectivity index (χ4v) is 3.25. The Balaban J connectivity index is 2.09. The maximum absolute atomic E-state index is 14.0. The highest BCUT2D eigenvalue weighted by Gasteiger charge is 2.14. The number of halogens is 3. The van der Waals surface area contributed by atoms with Crippen LogP contribution >= 0.6 is 27.3 Å². The van der Waals surface area contributed by atoms with Crippen molar-refractivity contribution in [3.63, 3.8) is 0 Å². The Morgan fingerprint density at radius 3 is 2.48 bits per heavy atom. The average molecular weight is 376 g/mol. The average Bonchev–Trinajstić information content (AvgIpc) is 2.83. The van der Waals surface area contributed by atoms with Crippen molar-refractivity contribution < 1.29 is 13.5 Å². The zero-order valence-electron chi connectivity index (χ0n) is 11.5. The van der Waals surface area contributed by atoms with Crippen molar-refractivity contribution in [2.75, 3.05) is 0 Å². The van der Waals surface area contributed by atoms with Crippen molar-refractivity contribution in [2.45, 2.75) is 32.4 Å².